The lowest BCUT2D eigenvalue weighted by molar-refractivity contribution is 1.44. The number of hydrogen-bond donors (Lipinski definition) is 2. The van der Waals surface area contributed by atoms with E-state index in [-0.39, 0.29) is 0 Å². The second kappa shape index (κ2) is 4.65. The molecule has 0 radical (unpaired) electrons. The summed E-state index contributed by atoms with van der Waals surface area (Å²) in [4.78, 5) is 0. The first-order valence-corrected chi connectivity index (χ1v) is 6.34. The maximum absolute atomic E-state index is 5.83. The molecule has 3 aromatic carbocycles. The van der Waals surface area contributed by atoms with Gasteiger partial charge < -0.3 is 11.1 Å². The molecule has 2 nitrogen and oxygen atoms in total. The lowest BCUT2D eigenvalue weighted by atomic mass is 10.1. The molecule has 0 atom stereocenters. The fourth-order valence-electron chi connectivity index (χ4n) is 2.20. The summed E-state index contributed by atoms with van der Waals surface area (Å²) in [5, 5.41) is 5.90. The standard InChI is InChI=1S/C17H16N2/c1-12-6-8-15(18)11-17(12)19-16-9-7-13-4-2-3-5-14(13)10-16/h2-11,19H,18H2,1H3. The normalized spacial score (nSPS) is 10.6. The number of nitrogen functional groups attached to an aromatic ring is 1. The number of hydrogen-bond acceptors (Lipinski definition) is 2. The molecular weight excluding hydrogens is 232 g/mol. The monoisotopic (exact) mass is 248 g/mol. The summed E-state index contributed by atoms with van der Waals surface area (Å²) in [7, 11) is 0. The average Bonchev–Trinajstić information content (AvgIpc) is 2.43. The second-order valence-electron chi connectivity index (χ2n) is 4.76. The van der Waals surface area contributed by atoms with Crippen LogP contribution in [0.25, 0.3) is 10.8 Å². The second-order valence-corrected chi connectivity index (χ2v) is 4.76. The summed E-state index contributed by atoms with van der Waals surface area (Å²) in [6.07, 6.45) is 0. The van der Waals surface area contributed by atoms with Crippen molar-refractivity contribution in [3.05, 3.63) is 66.2 Å². The molecule has 3 aromatic rings. The largest absolute Gasteiger partial charge is 0.399 e. The Morgan fingerprint density at radius 3 is 2.47 bits per heavy atom. The van der Waals surface area contributed by atoms with Gasteiger partial charge in [0.1, 0.15) is 0 Å². The van der Waals surface area contributed by atoms with Crippen LogP contribution in [0.3, 0.4) is 0 Å². The summed E-state index contributed by atoms with van der Waals surface area (Å²) in [5.41, 5.74) is 9.91. The first-order chi connectivity index (χ1) is 9.22. The van der Waals surface area contributed by atoms with Crippen LogP contribution in [0.4, 0.5) is 17.1 Å². The molecule has 0 heterocycles. The minimum absolute atomic E-state index is 0.772. The SMILES string of the molecule is Cc1ccc(N)cc1Nc1ccc2ccccc2c1. The van der Waals surface area contributed by atoms with Crippen LogP contribution in [0.2, 0.25) is 0 Å². The van der Waals surface area contributed by atoms with Gasteiger partial charge in [0.25, 0.3) is 0 Å². The Labute approximate surface area is 112 Å². The van der Waals surface area contributed by atoms with Gasteiger partial charge in [0.2, 0.25) is 0 Å². The molecule has 3 rings (SSSR count). The molecule has 0 fully saturated rings. The van der Waals surface area contributed by atoms with Crippen LogP contribution in [-0.4, -0.2) is 0 Å². The van der Waals surface area contributed by atoms with E-state index >= 15 is 0 Å². The summed E-state index contributed by atoms with van der Waals surface area (Å²) in [6.45, 7) is 2.07. The highest BCUT2D eigenvalue weighted by Crippen LogP contribution is 2.25. The van der Waals surface area contributed by atoms with Crippen molar-refractivity contribution >= 4 is 27.8 Å². The number of fused-ring (bicyclic) bond motifs is 1. The molecule has 0 aliphatic carbocycles. The zero-order valence-corrected chi connectivity index (χ0v) is 10.9. The van der Waals surface area contributed by atoms with Gasteiger partial charge in [0.15, 0.2) is 0 Å². The van der Waals surface area contributed by atoms with Gasteiger partial charge in [-0.1, -0.05) is 36.4 Å². The predicted octanol–water partition coefficient (Wildman–Crippen LogP) is 4.47. The number of nitrogens with two attached hydrogens (primary N) is 1. The van der Waals surface area contributed by atoms with Gasteiger partial charge in [-0.2, -0.15) is 0 Å². The molecule has 0 saturated heterocycles. The minimum Gasteiger partial charge on any atom is -0.399 e. The van der Waals surface area contributed by atoms with E-state index in [1.807, 2.05) is 18.2 Å². The van der Waals surface area contributed by atoms with Crippen LogP contribution in [0, 0.1) is 6.92 Å². The molecular formula is C17H16N2. The Morgan fingerprint density at radius 2 is 1.63 bits per heavy atom. The summed E-state index contributed by atoms with van der Waals surface area (Å²) in [5.74, 6) is 0. The number of benzene rings is 3. The molecule has 0 saturated carbocycles. The van der Waals surface area contributed by atoms with Crippen molar-refractivity contribution in [1.29, 1.82) is 0 Å². The molecule has 94 valence electrons. The highest BCUT2D eigenvalue weighted by atomic mass is 14.9. The Balaban J connectivity index is 1.98. The third kappa shape index (κ3) is 2.38. The first kappa shape index (κ1) is 11.6. The molecule has 3 N–H and O–H groups in total. The predicted molar refractivity (Wildman–Crippen MR) is 82.8 cm³/mol. The van der Waals surface area contributed by atoms with Crippen molar-refractivity contribution in [3.63, 3.8) is 0 Å². The van der Waals surface area contributed by atoms with E-state index in [2.05, 4.69) is 54.7 Å². The lowest BCUT2D eigenvalue weighted by Crippen LogP contribution is -1.95. The molecule has 0 aliphatic rings. The number of nitrogens with one attached hydrogen (secondary N) is 1. The Bertz CT molecular complexity index is 732. The van der Waals surface area contributed by atoms with Gasteiger partial charge in [-0.25, -0.2) is 0 Å². The quantitative estimate of drug-likeness (QED) is 0.656. The zero-order chi connectivity index (χ0) is 13.2. The first-order valence-electron chi connectivity index (χ1n) is 6.34. The van der Waals surface area contributed by atoms with Crippen molar-refractivity contribution in [2.24, 2.45) is 0 Å². The van der Waals surface area contributed by atoms with Crippen LogP contribution in [0.1, 0.15) is 5.56 Å². The van der Waals surface area contributed by atoms with Crippen molar-refractivity contribution in [2.75, 3.05) is 11.1 Å². The molecule has 0 unspecified atom stereocenters. The smallest absolute Gasteiger partial charge is 0.0434 e. The van der Waals surface area contributed by atoms with Crippen LogP contribution >= 0.6 is 0 Å². The maximum Gasteiger partial charge on any atom is 0.0434 e. The van der Waals surface area contributed by atoms with E-state index in [9.17, 15) is 0 Å². The summed E-state index contributed by atoms with van der Waals surface area (Å²) >= 11 is 0. The third-order valence-electron chi connectivity index (χ3n) is 3.29. The van der Waals surface area contributed by atoms with Gasteiger partial charge in [-0.15, -0.1) is 0 Å². The average molecular weight is 248 g/mol. The lowest BCUT2D eigenvalue weighted by Gasteiger charge is -2.11. The van der Waals surface area contributed by atoms with E-state index in [1.54, 1.807) is 0 Å². The third-order valence-corrected chi connectivity index (χ3v) is 3.29. The Morgan fingerprint density at radius 1 is 0.842 bits per heavy atom. The molecule has 0 bridgehead atoms. The Kier molecular flexibility index (Phi) is 2.84. The number of rotatable bonds is 2. The number of aryl methyl sites for hydroxylation is 1. The highest BCUT2D eigenvalue weighted by Gasteiger charge is 2.01. The molecule has 0 aliphatic heterocycles. The fourth-order valence-corrected chi connectivity index (χ4v) is 2.20. The van der Waals surface area contributed by atoms with Crippen molar-refractivity contribution in [2.45, 2.75) is 6.92 Å². The van der Waals surface area contributed by atoms with Crippen LogP contribution in [0.15, 0.2) is 60.7 Å². The molecule has 2 heteroatoms. The van der Waals surface area contributed by atoms with E-state index in [4.69, 9.17) is 5.73 Å². The van der Waals surface area contributed by atoms with Crippen LogP contribution in [-0.2, 0) is 0 Å². The van der Waals surface area contributed by atoms with Crippen LogP contribution in [0.5, 0.6) is 0 Å². The van der Waals surface area contributed by atoms with Crippen LogP contribution < -0.4 is 11.1 Å². The topological polar surface area (TPSA) is 38.0 Å². The van der Waals surface area contributed by atoms with E-state index < -0.39 is 0 Å². The molecule has 0 spiro atoms. The summed E-state index contributed by atoms with van der Waals surface area (Å²) < 4.78 is 0. The van der Waals surface area contributed by atoms with Crippen molar-refractivity contribution in [1.82, 2.24) is 0 Å². The van der Waals surface area contributed by atoms with E-state index in [0.717, 1.165) is 17.1 Å². The maximum atomic E-state index is 5.83. The molecule has 0 amide bonds. The van der Waals surface area contributed by atoms with E-state index in [1.165, 1.54) is 16.3 Å². The van der Waals surface area contributed by atoms with Gasteiger partial charge in [-0.05, 0) is 47.5 Å². The molecule has 0 aromatic heterocycles. The van der Waals surface area contributed by atoms with Crippen molar-refractivity contribution < 1.29 is 0 Å². The summed E-state index contributed by atoms with van der Waals surface area (Å²) in [6, 6.07) is 20.6. The van der Waals surface area contributed by atoms with Gasteiger partial charge in [0, 0.05) is 17.1 Å². The van der Waals surface area contributed by atoms with E-state index in [0.29, 0.717) is 0 Å². The van der Waals surface area contributed by atoms with Gasteiger partial charge >= 0.3 is 0 Å². The zero-order valence-electron chi connectivity index (χ0n) is 10.9. The number of anilines is 3. The molecule has 19 heavy (non-hydrogen) atoms. The minimum atomic E-state index is 0.772. The van der Waals surface area contributed by atoms with Gasteiger partial charge in [0.05, 0.1) is 0 Å². The highest BCUT2D eigenvalue weighted by molar-refractivity contribution is 5.86. The van der Waals surface area contributed by atoms with Crippen molar-refractivity contribution in [3.8, 4) is 0 Å². The Hall–Kier alpha value is -2.48. The fraction of sp³-hybridized carbons (Fsp3) is 0.0588. The van der Waals surface area contributed by atoms with Gasteiger partial charge in [-0.3, -0.25) is 0 Å².